The van der Waals surface area contributed by atoms with Gasteiger partial charge in [-0.25, -0.2) is 13.4 Å². The van der Waals surface area contributed by atoms with Crippen LogP contribution in [0.2, 0.25) is 0 Å². The van der Waals surface area contributed by atoms with Crippen molar-refractivity contribution in [2.24, 2.45) is 5.10 Å². The van der Waals surface area contributed by atoms with Crippen molar-refractivity contribution in [3.63, 3.8) is 0 Å². The Morgan fingerprint density at radius 1 is 1.33 bits per heavy atom. The fourth-order valence-corrected chi connectivity index (χ4v) is 5.00. The van der Waals surface area contributed by atoms with Crippen molar-refractivity contribution in [3.05, 3.63) is 29.8 Å². The van der Waals surface area contributed by atoms with E-state index in [9.17, 15) is 18.0 Å². The van der Waals surface area contributed by atoms with Crippen molar-refractivity contribution in [2.75, 3.05) is 25.2 Å². The third-order valence-electron chi connectivity index (χ3n) is 4.75. The van der Waals surface area contributed by atoms with Gasteiger partial charge in [0.05, 0.1) is 24.7 Å². The molecule has 2 amide bonds. The zero-order valence-electron chi connectivity index (χ0n) is 15.2. The van der Waals surface area contributed by atoms with Crippen LogP contribution in [0.4, 0.5) is 0 Å². The van der Waals surface area contributed by atoms with Gasteiger partial charge in [0, 0.05) is 19.4 Å². The van der Waals surface area contributed by atoms with Crippen molar-refractivity contribution in [2.45, 2.75) is 31.7 Å². The van der Waals surface area contributed by atoms with Gasteiger partial charge < -0.3 is 10.1 Å². The number of benzene rings is 1. The van der Waals surface area contributed by atoms with Gasteiger partial charge in [0.15, 0.2) is 9.84 Å². The first kappa shape index (κ1) is 19.3. The number of carbonyl (C=O) groups is 2. The van der Waals surface area contributed by atoms with Gasteiger partial charge in [-0.1, -0.05) is 18.2 Å². The second kappa shape index (κ2) is 8.08. The van der Waals surface area contributed by atoms with E-state index in [4.69, 9.17) is 4.74 Å². The molecule has 146 valence electrons. The maximum atomic E-state index is 12.4. The molecule has 0 bridgehead atoms. The molecule has 1 fully saturated rings. The molecule has 1 atom stereocenters. The van der Waals surface area contributed by atoms with Crippen LogP contribution in [0, 0.1) is 0 Å². The van der Waals surface area contributed by atoms with Crippen LogP contribution >= 0.6 is 0 Å². The van der Waals surface area contributed by atoms with Crippen molar-refractivity contribution in [3.8, 4) is 5.75 Å². The number of nitrogens with one attached hydrogen (secondary N) is 1. The molecule has 1 N–H and O–H groups in total. The van der Waals surface area contributed by atoms with E-state index in [1.54, 1.807) is 7.11 Å². The number of ether oxygens (including phenoxy) is 1. The summed E-state index contributed by atoms with van der Waals surface area (Å²) < 4.78 is 28.6. The second-order valence-corrected chi connectivity index (χ2v) is 8.89. The van der Waals surface area contributed by atoms with Crippen LogP contribution in [-0.2, 0) is 25.8 Å². The molecule has 2 heterocycles. The normalized spacial score (nSPS) is 21.7. The van der Waals surface area contributed by atoms with Gasteiger partial charge in [0.25, 0.3) is 5.91 Å². The number of para-hydroxylation sites is 1. The van der Waals surface area contributed by atoms with Gasteiger partial charge in [-0.15, -0.1) is 0 Å². The minimum Gasteiger partial charge on any atom is -0.496 e. The van der Waals surface area contributed by atoms with Crippen LogP contribution < -0.4 is 10.1 Å². The lowest BCUT2D eigenvalue weighted by atomic mass is 10.1. The molecule has 9 heteroatoms. The van der Waals surface area contributed by atoms with Crippen molar-refractivity contribution in [1.82, 2.24) is 10.3 Å². The highest BCUT2D eigenvalue weighted by molar-refractivity contribution is 7.91. The first-order chi connectivity index (χ1) is 12.9. The highest BCUT2D eigenvalue weighted by atomic mass is 32.2. The van der Waals surface area contributed by atoms with E-state index in [1.165, 1.54) is 5.01 Å². The van der Waals surface area contributed by atoms with Crippen LogP contribution in [0.25, 0.3) is 0 Å². The van der Waals surface area contributed by atoms with Crippen molar-refractivity contribution < 1.29 is 22.7 Å². The molecule has 27 heavy (non-hydrogen) atoms. The summed E-state index contributed by atoms with van der Waals surface area (Å²) in [5.41, 5.74) is 1.25. The summed E-state index contributed by atoms with van der Waals surface area (Å²) in [7, 11) is -1.53. The zero-order chi connectivity index (χ0) is 19.4. The molecule has 1 unspecified atom stereocenters. The summed E-state index contributed by atoms with van der Waals surface area (Å²) in [6.07, 6.45) is 1.39. The van der Waals surface area contributed by atoms with E-state index in [1.807, 2.05) is 24.3 Å². The third kappa shape index (κ3) is 4.65. The largest absolute Gasteiger partial charge is 0.496 e. The molecule has 0 radical (unpaired) electrons. The van der Waals surface area contributed by atoms with Crippen LogP contribution in [0.5, 0.6) is 5.75 Å². The lowest BCUT2D eigenvalue weighted by Crippen LogP contribution is -2.44. The number of rotatable bonds is 6. The van der Waals surface area contributed by atoms with E-state index in [-0.39, 0.29) is 41.9 Å². The van der Waals surface area contributed by atoms with Crippen molar-refractivity contribution >= 4 is 27.4 Å². The molecule has 0 saturated carbocycles. The van der Waals surface area contributed by atoms with Crippen LogP contribution in [0.15, 0.2) is 29.4 Å². The average molecular weight is 393 g/mol. The number of amides is 2. The minimum absolute atomic E-state index is 0.0530. The number of sulfone groups is 1. The molecule has 1 saturated heterocycles. The molecular formula is C18H23N3O5S. The molecule has 0 aliphatic carbocycles. The molecule has 2 aliphatic rings. The number of hydrogen-bond donors (Lipinski definition) is 1. The first-order valence-electron chi connectivity index (χ1n) is 8.89. The number of hydrogen-bond acceptors (Lipinski definition) is 6. The summed E-state index contributed by atoms with van der Waals surface area (Å²) in [4.78, 5) is 24.5. The predicted molar refractivity (Wildman–Crippen MR) is 100 cm³/mol. The summed E-state index contributed by atoms with van der Waals surface area (Å²) in [6, 6.07) is 7.11. The predicted octanol–water partition coefficient (Wildman–Crippen LogP) is 0.519. The second-order valence-electron chi connectivity index (χ2n) is 6.66. The standard InChI is InChI=1S/C18H23N3O5S/c1-26-16-5-3-2-4-13(16)8-10-19-18(23)15-6-7-17(22)21(20-15)14-9-11-27(24,25)12-14/h2-5,14H,6-12H2,1H3,(H,19,23). The number of nitrogens with zero attached hydrogens (tertiary/aromatic N) is 2. The summed E-state index contributed by atoms with van der Waals surface area (Å²) in [5, 5.41) is 8.18. The number of hydrazone groups is 1. The Morgan fingerprint density at radius 2 is 2.11 bits per heavy atom. The van der Waals surface area contributed by atoms with Gasteiger partial charge in [-0.3, -0.25) is 9.59 Å². The zero-order valence-corrected chi connectivity index (χ0v) is 16.0. The quantitative estimate of drug-likeness (QED) is 0.759. The van der Waals surface area contributed by atoms with Crippen LogP contribution in [0.3, 0.4) is 0 Å². The lowest BCUT2D eigenvalue weighted by Gasteiger charge is -2.27. The van der Waals surface area contributed by atoms with Crippen LogP contribution in [0.1, 0.15) is 24.8 Å². The minimum atomic E-state index is -3.13. The SMILES string of the molecule is COc1ccccc1CCNC(=O)C1=NN(C2CCS(=O)(=O)C2)C(=O)CC1. The highest BCUT2D eigenvalue weighted by Crippen LogP contribution is 2.22. The Morgan fingerprint density at radius 3 is 2.81 bits per heavy atom. The van der Waals surface area contributed by atoms with Gasteiger partial charge >= 0.3 is 0 Å². The fourth-order valence-electron chi connectivity index (χ4n) is 3.31. The van der Waals surface area contributed by atoms with Crippen LogP contribution in [-0.4, -0.2) is 62.2 Å². The molecule has 0 aromatic heterocycles. The topological polar surface area (TPSA) is 105 Å². The molecular weight excluding hydrogens is 370 g/mol. The molecule has 1 aromatic carbocycles. The maximum Gasteiger partial charge on any atom is 0.267 e. The number of carbonyl (C=O) groups excluding carboxylic acids is 2. The van der Waals surface area contributed by atoms with Gasteiger partial charge in [-0.05, 0) is 24.5 Å². The average Bonchev–Trinajstić information content (AvgIpc) is 3.02. The van der Waals surface area contributed by atoms with Gasteiger partial charge in [-0.2, -0.15) is 5.10 Å². The molecule has 0 spiro atoms. The Balaban J connectivity index is 1.60. The smallest absolute Gasteiger partial charge is 0.267 e. The monoisotopic (exact) mass is 393 g/mol. The Bertz CT molecular complexity index is 866. The Labute approximate surface area is 158 Å². The van der Waals surface area contributed by atoms with Gasteiger partial charge in [0.1, 0.15) is 11.5 Å². The third-order valence-corrected chi connectivity index (χ3v) is 6.50. The number of methoxy groups -OCH3 is 1. The summed E-state index contributed by atoms with van der Waals surface area (Å²) in [5.74, 6) is 0.161. The van der Waals surface area contributed by atoms with E-state index in [0.717, 1.165) is 11.3 Å². The van der Waals surface area contributed by atoms with E-state index in [2.05, 4.69) is 10.4 Å². The Hall–Kier alpha value is -2.42. The molecule has 8 nitrogen and oxygen atoms in total. The molecule has 1 aromatic rings. The molecule has 2 aliphatic heterocycles. The fraction of sp³-hybridized carbons (Fsp3) is 0.500. The van der Waals surface area contributed by atoms with E-state index in [0.29, 0.717) is 19.4 Å². The summed E-state index contributed by atoms with van der Waals surface area (Å²) >= 11 is 0. The summed E-state index contributed by atoms with van der Waals surface area (Å²) in [6.45, 7) is 0.407. The van der Waals surface area contributed by atoms with Crippen molar-refractivity contribution in [1.29, 1.82) is 0 Å². The van der Waals surface area contributed by atoms with E-state index < -0.39 is 15.9 Å². The van der Waals surface area contributed by atoms with E-state index >= 15 is 0 Å². The maximum absolute atomic E-state index is 12.4. The lowest BCUT2D eigenvalue weighted by molar-refractivity contribution is -0.133. The Kier molecular flexibility index (Phi) is 5.79. The molecule has 3 rings (SSSR count). The highest BCUT2D eigenvalue weighted by Gasteiger charge is 2.37. The van der Waals surface area contributed by atoms with Gasteiger partial charge in [0.2, 0.25) is 5.91 Å². The first-order valence-corrected chi connectivity index (χ1v) is 10.7.